The van der Waals surface area contributed by atoms with Crippen LogP contribution in [0.5, 0.6) is 0 Å². The third kappa shape index (κ3) is 4.32. The van der Waals surface area contributed by atoms with Gasteiger partial charge in [0.2, 0.25) is 5.91 Å². The zero-order chi connectivity index (χ0) is 22.1. The number of hydrogen-bond acceptors (Lipinski definition) is 7. The van der Waals surface area contributed by atoms with Gasteiger partial charge in [0.15, 0.2) is 10.8 Å². The molecule has 3 N–H and O–H groups in total. The van der Waals surface area contributed by atoms with E-state index >= 15 is 0 Å². The van der Waals surface area contributed by atoms with Crippen LogP contribution in [0.2, 0.25) is 5.02 Å². The molecule has 0 bridgehead atoms. The average Bonchev–Trinajstić information content (AvgIpc) is 3.41. The molecule has 162 valence electrons. The van der Waals surface area contributed by atoms with E-state index in [-0.39, 0.29) is 40.4 Å². The summed E-state index contributed by atoms with van der Waals surface area (Å²) in [6.07, 6.45) is 1.33. The lowest BCUT2D eigenvalue weighted by Gasteiger charge is -2.29. The van der Waals surface area contributed by atoms with E-state index in [1.807, 2.05) is 0 Å². The average molecular weight is 465 g/mol. The number of aliphatic carboxylic acids is 1. The molecule has 1 fully saturated rings. The van der Waals surface area contributed by atoms with Gasteiger partial charge in [0.1, 0.15) is 18.0 Å². The minimum absolute atomic E-state index is 0.0960. The molecule has 1 aromatic carbocycles. The fourth-order valence-electron chi connectivity index (χ4n) is 3.68. The van der Waals surface area contributed by atoms with E-state index in [1.54, 1.807) is 17.6 Å². The molecule has 2 aliphatic rings. The highest BCUT2D eigenvalue weighted by atomic mass is 35.5. The maximum absolute atomic E-state index is 14.2. The Morgan fingerprint density at radius 1 is 1.42 bits per heavy atom. The van der Waals surface area contributed by atoms with Crippen molar-refractivity contribution < 1.29 is 23.8 Å². The number of halogens is 2. The van der Waals surface area contributed by atoms with E-state index < -0.39 is 23.9 Å². The molecule has 1 aromatic heterocycles. The lowest BCUT2D eigenvalue weighted by Crippen LogP contribution is -2.39. The van der Waals surface area contributed by atoms with Crippen molar-refractivity contribution in [1.82, 2.24) is 15.6 Å². The molecule has 4 rings (SSSR count). The molecule has 3 heterocycles. The Hall–Kier alpha value is -2.82. The standard InChI is InChI=1S/C20H18ClFN4O4S/c1-9(27)24-10-7-13(30-8-10)17-14(20(28)29)16(11-3-2-4-12(22)15(11)21)25-18(26-17)19-23-5-6-31-19/h2-6,10,13,16H,7-8H2,1H3,(H,24,27)(H,25,26)(H,28,29). The molecule has 31 heavy (non-hydrogen) atoms. The van der Waals surface area contributed by atoms with E-state index in [1.165, 1.54) is 30.4 Å². The van der Waals surface area contributed by atoms with Crippen molar-refractivity contribution in [3.63, 3.8) is 0 Å². The normalized spacial score (nSPS) is 23.3. The first-order valence-corrected chi connectivity index (χ1v) is 10.7. The third-order valence-corrected chi connectivity index (χ3v) is 6.12. The van der Waals surface area contributed by atoms with Gasteiger partial charge in [-0.2, -0.15) is 0 Å². The van der Waals surface area contributed by atoms with Crippen LogP contribution in [0.1, 0.15) is 30.0 Å². The molecule has 0 saturated carbocycles. The molecule has 2 aromatic rings. The largest absolute Gasteiger partial charge is 0.478 e. The number of aliphatic imine (C=N–C) groups is 1. The van der Waals surface area contributed by atoms with Crippen molar-refractivity contribution >= 4 is 40.6 Å². The van der Waals surface area contributed by atoms with E-state index in [4.69, 9.17) is 16.3 Å². The van der Waals surface area contributed by atoms with Gasteiger partial charge in [-0.1, -0.05) is 23.7 Å². The summed E-state index contributed by atoms with van der Waals surface area (Å²) < 4.78 is 20.0. The van der Waals surface area contributed by atoms with Gasteiger partial charge in [-0.05, 0) is 6.07 Å². The number of carboxylic acid groups (broad SMARTS) is 1. The van der Waals surface area contributed by atoms with E-state index in [9.17, 15) is 19.1 Å². The zero-order valence-electron chi connectivity index (χ0n) is 16.3. The fraction of sp³-hybridized carbons (Fsp3) is 0.300. The monoisotopic (exact) mass is 464 g/mol. The molecule has 0 aliphatic carbocycles. The van der Waals surface area contributed by atoms with Crippen LogP contribution in [0.15, 0.2) is 46.0 Å². The predicted octanol–water partition coefficient (Wildman–Crippen LogP) is 2.66. The Morgan fingerprint density at radius 3 is 2.90 bits per heavy atom. The van der Waals surface area contributed by atoms with Crippen LogP contribution in [-0.2, 0) is 14.3 Å². The second-order valence-corrected chi connectivity index (χ2v) is 8.35. The molecular formula is C20H18ClFN4O4S. The van der Waals surface area contributed by atoms with Crippen molar-refractivity contribution in [3.8, 4) is 0 Å². The number of nitrogens with one attached hydrogen (secondary N) is 2. The molecule has 1 amide bonds. The number of nitrogens with zero attached hydrogens (tertiary/aromatic N) is 2. The predicted molar refractivity (Wildman–Crippen MR) is 113 cm³/mol. The van der Waals surface area contributed by atoms with Crippen LogP contribution in [0, 0.1) is 5.82 Å². The minimum atomic E-state index is -1.23. The Bertz CT molecular complexity index is 1090. The van der Waals surface area contributed by atoms with Gasteiger partial charge in [0, 0.05) is 30.5 Å². The number of amidine groups is 1. The van der Waals surface area contributed by atoms with Crippen LogP contribution in [0.3, 0.4) is 0 Å². The molecule has 0 spiro atoms. The number of thiazole rings is 1. The SMILES string of the molecule is CC(=O)NC1COC(C2=C(C(=O)O)C(c3cccc(F)c3Cl)N=C(c3nccs3)N2)C1. The van der Waals surface area contributed by atoms with Gasteiger partial charge in [-0.3, -0.25) is 9.79 Å². The minimum Gasteiger partial charge on any atom is -0.478 e. The maximum Gasteiger partial charge on any atom is 0.336 e. The van der Waals surface area contributed by atoms with Crippen molar-refractivity contribution in [2.45, 2.75) is 31.5 Å². The van der Waals surface area contributed by atoms with E-state index in [0.717, 1.165) is 0 Å². The summed E-state index contributed by atoms with van der Waals surface area (Å²) in [6.45, 7) is 1.64. The zero-order valence-corrected chi connectivity index (χ0v) is 17.8. The highest BCUT2D eigenvalue weighted by molar-refractivity contribution is 7.11. The number of aromatic nitrogens is 1. The van der Waals surface area contributed by atoms with Crippen LogP contribution < -0.4 is 10.6 Å². The molecule has 0 radical (unpaired) electrons. The summed E-state index contributed by atoms with van der Waals surface area (Å²) in [4.78, 5) is 32.5. The van der Waals surface area contributed by atoms with Gasteiger partial charge in [-0.15, -0.1) is 11.3 Å². The number of benzene rings is 1. The summed E-state index contributed by atoms with van der Waals surface area (Å²) in [6, 6.07) is 2.86. The van der Waals surface area contributed by atoms with Gasteiger partial charge in [0.05, 0.1) is 28.9 Å². The Kier molecular flexibility index (Phi) is 6.03. The van der Waals surface area contributed by atoms with Crippen molar-refractivity contribution in [3.05, 3.63) is 62.5 Å². The molecule has 8 nitrogen and oxygen atoms in total. The summed E-state index contributed by atoms with van der Waals surface area (Å²) >= 11 is 7.50. The number of amides is 1. The fourth-order valence-corrected chi connectivity index (χ4v) is 4.49. The third-order valence-electron chi connectivity index (χ3n) is 4.94. The van der Waals surface area contributed by atoms with Crippen LogP contribution >= 0.6 is 22.9 Å². The Labute approximate surface area is 185 Å². The highest BCUT2D eigenvalue weighted by Gasteiger charge is 2.39. The molecule has 11 heteroatoms. The number of carbonyl (C=O) groups excluding carboxylic acids is 1. The first kappa shape index (κ1) is 21.4. The molecule has 2 aliphatic heterocycles. The van der Waals surface area contributed by atoms with Gasteiger partial charge in [0.25, 0.3) is 0 Å². The van der Waals surface area contributed by atoms with Gasteiger partial charge >= 0.3 is 5.97 Å². The Morgan fingerprint density at radius 2 is 2.23 bits per heavy atom. The van der Waals surface area contributed by atoms with Crippen molar-refractivity contribution in [2.24, 2.45) is 4.99 Å². The summed E-state index contributed by atoms with van der Waals surface area (Å²) in [5.74, 6) is -1.76. The Balaban J connectivity index is 1.81. The molecule has 3 unspecified atom stereocenters. The van der Waals surface area contributed by atoms with Crippen molar-refractivity contribution in [1.29, 1.82) is 0 Å². The molecular weight excluding hydrogens is 447 g/mol. The maximum atomic E-state index is 14.2. The van der Waals surface area contributed by atoms with Crippen LogP contribution in [-0.4, -0.2) is 46.6 Å². The smallest absolute Gasteiger partial charge is 0.336 e. The second-order valence-electron chi connectivity index (χ2n) is 7.07. The number of ether oxygens (including phenoxy) is 1. The highest BCUT2D eigenvalue weighted by Crippen LogP contribution is 2.38. The van der Waals surface area contributed by atoms with Crippen LogP contribution in [0.4, 0.5) is 4.39 Å². The number of rotatable bonds is 5. The van der Waals surface area contributed by atoms with E-state index in [0.29, 0.717) is 17.3 Å². The van der Waals surface area contributed by atoms with Gasteiger partial charge < -0.3 is 20.5 Å². The second kappa shape index (κ2) is 8.74. The first-order chi connectivity index (χ1) is 14.8. The quantitative estimate of drug-likeness (QED) is 0.627. The topological polar surface area (TPSA) is 113 Å². The van der Waals surface area contributed by atoms with Crippen molar-refractivity contribution in [2.75, 3.05) is 6.61 Å². The summed E-state index contributed by atoms with van der Waals surface area (Å²) in [5, 5.41) is 18.0. The van der Waals surface area contributed by atoms with Gasteiger partial charge in [-0.25, -0.2) is 14.2 Å². The molecule has 1 saturated heterocycles. The number of carbonyl (C=O) groups is 2. The van der Waals surface area contributed by atoms with E-state index in [2.05, 4.69) is 20.6 Å². The van der Waals surface area contributed by atoms with Crippen LogP contribution in [0.25, 0.3) is 0 Å². The number of hydrogen-bond donors (Lipinski definition) is 3. The molecule has 3 atom stereocenters. The summed E-state index contributed by atoms with van der Waals surface area (Å²) in [5.41, 5.74) is 0.413. The lowest BCUT2D eigenvalue weighted by atomic mass is 9.92. The number of carboxylic acids is 1. The lowest BCUT2D eigenvalue weighted by molar-refractivity contribution is -0.133. The summed E-state index contributed by atoms with van der Waals surface area (Å²) in [7, 11) is 0. The first-order valence-electron chi connectivity index (χ1n) is 9.39.